The average molecular weight is 366 g/mol. The number of hydrogen-bond acceptors (Lipinski definition) is 3. The van der Waals surface area contributed by atoms with Crippen LogP contribution in [0.3, 0.4) is 0 Å². The number of aliphatic hydroxyl groups excluding tert-OH is 1. The van der Waals surface area contributed by atoms with Crippen molar-refractivity contribution < 1.29 is 9.90 Å². The van der Waals surface area contributed by atoms with E-state index >= 15 is 0 Å². The topological polar surface area (TPSA) is 62.5 Å². The van der Waals surface area contributed by atoms with Crippen molar-refractivity contribution in [2.45, 2.75) is 51.2 Å². The minimum absolute atomic E-state index is 0.0220. The van der Waals surface area contributed by atoms with E-state index in [4.69, 9.17) is 0 Å². The van der Waals surface area contributed by atoms with Crippen molar-refractivity contribution in [2.75, 3.05) is 6.61 Å². The molecule has 2 bridgehead atoms. The Hall–Kier alpha value is -2.40. The van der Waals surface area contributed by atoms with Gasteiger partial charge in [-0.05, 0) is 44.2 Å². The van der Waals surface area contributed by atoms with E-state index in [0.717, 1.165) is 25.7 Å². The lowest BCUT2D eigenvalue weighted by atomic mass is 9.70. The molecule has 0 unspecified atom stereocenters. The standard InChI is InChI=1S/C22H26N2O3/c1-2-23-11-10-17(12-20(23)26)21(27)24-18-8-9-19(24)22(14-18,15-25)13-16-6-4-3-5-7-16/h3-7,10-12,18-19,25H,2,8-9,13-15H2,1H3/t18-,19+,22-/m1/s1. The number of aryl methyl sites for hydroxylation is 1. The van der Waals surface area contributed by atoms with Gasteiger partial charge in [0.1, 0.15) is 0 Å². The van der Waals surface area contributed by atoms with Crippen molar-refractivity contribution in [2.24, 2.45) is 5.41 Å². The summed E-state index contributed by atoms with van der Waals surface area (Å²) in [5, 5.41) is 10.3. The summed E-state index contributed by atoms with van der Waals surface area (Å²) in [5.41, 5.74) is 1.21. The number of nitrogens with zero attached hydrogens (tertiary/aromatic N) is 2. The van der Waals surface area contributed by atoms with Gasteiger partial charge in [-0.3, -0.25) is 9.59 Å². The summed E-state index contributed by atoms with van der Waals surface area (Å²) in [6.07, 6.45) is 5.17. The summed E-state index contributed by atoms with van der Waals surface area (Å²) in [7, 11) is 0. The van der Waals surface area contributed by atoms with E-state index in [-0.39, 0.29) is 35.6 Å². The number of benzene rings is 1. The van der Waals surface area contributed by atoms with Crippen LogP contribution in [0.2, 0.25) is 0 Å². The molecule has 5 heteroatoms. The molecule has 2 aliphatic rings. The van der Waals surface area contributed by atoms with Crippen molar-refractivity contribution in [1.29, 1.82) is 0 Å². The smallest absolute Gasteiger partial charge is 0.254 e. The fourth-order valence-corrected chi connectivity index (χ4v) is 5.07. The number of hydrogen-bond donors (Lipinski definition) is 1. The third kappa shape index (κ3) is 3.00. The van der Waals surface area contributed by atoms with Crippen LogP contribution in [0, 0.1) is 5.41 Å². The molecule has 0 radical (unpaired) electrons. The predicted octanol–water partition coefficient (Wildman–Crippen LogP) is 2.47. The maximum Gasteiger partial charge on any atom is 0.254 e. The Morgan fingerprint density at radius 2 is 2.00 bits per heavy atom. The third-order valence-corrected chi connectivity index (χ3v) is 6.38. The lowest BCUT2D eigenvalue weighted by Gasteiger charge is -2.36. The van der Waals surface area contributed by atoms with Crippen LogP contribution < -0.4 is 5.56 Å². The normalized spacial score (nSPS) is 26.5. The molecule has 4 rings (SSSR count). The van der Waals surface area contributed by atoms with E-state index < -0.39 is 0 Å². The van der Waals surface area contributed by atoms with Gasteiger partial charge in [-0.15, -0.1) is 0 Å². The van der Waals surface area contributed by atoms with Crippen LogP contribution in [0.1, 0.15) is 42.1 Å². The van der Waals surface area contributed by atoms with Crippen molar-refractivity contribution in [3.8, 4) is 0 Å². The molecule has 3 atom stereocenters. The first-order valence-corrected chi connectivity index (χ1v) is 9.76. The monoisotopic (exact) mass is 366 g/mol. The summed E-state index contributed by atoms with van der Waals surface area (Å²) in [6.45, 7) is 2.57. The molecule has 2 fully saturated rings. The lowest BCUT2D eigenvalue weighted by Crippen LogP contribution is -2.44. The van der Waals surface area contributed by atoms with E-state index in [1.54, 1.807) is 16.8 Å². The Bertz CT molecular complexity index is 892. The number of aliphatic hydroxyl groups is 1. The Morgan fingerprint density at radius 1 is 1.22 bits per heavy atom. The first-order chi connectivity index (χ1) is 13.1. The molecule has 142 valence electrons. The van der Waals surface area contributed by atoms with Gasteiger partial charge in [0, 0.05) is 41.9 Å². The Labute approximate surface area is 159 Å². The Morgan fingerprint density at radius 3 is 2.67 bits per heavy atom. The van der Waals surface area contributed by atoms with Gasteiger partial charge in [0.2, 0.25) is 0 Å². The fraction of sp³-hybridized carbons (Fsp3) is 0.455. The van der Waals surface area contributed by atoms with Gasteiger partial charge in [0.25, 0.3) is 11.5 Å². The minimum atomic E-state index is -0.293. The molecule has 27 heavy (non-hydrogen) atoms. The SMILES string of the molecule is CCn1ccc(C(=O)N2[C@@H]3CC[C@H]2[C@](CO)(Cc2ccccc2)C3)cc1=O. The highest BCUT2D eigenvalue weighted by atomic mass is 16.3. The van der Waals surface area contributed by atoms with Gasteiger partial charge in [0.05, 0.1) is 6.61 Å². The Balaban J connectivity index is 1.62. The highest BCUT2D eigenvalue weighted by Crippen LogP contribution is 2.51. The van der Waals surface area contributed by atoms with Crippen LogP contribution in [-0.4, -0.2) is 39.2 Å². The number of carbonyl (C=O) groups excluding carboxylic acids is 1. The van der Waals surface area contributed by atoms with E-state index in [1.165, 1.54) is 11.6 Å². The molecule has 2 aromatic rings. The first kappa shape index (κ1) is 18.0. The largest absolute Gasteiger partial charge is 0.396 e. The number of pyridine rings is 1. The highest BCUT2D eigenvalue weighted by molar-refractivity contribution is 5.95. The number of fused-ring (bicyclic) bond motifs is 2. The quantitative estimate of drug-likeness (QED) is 0.884. The summed E-state index contributed by atoms with van der Waals surface area (Å²) in [4.78, 5) is 27.3. The summed E-state index contributed by atoms with van der Waals surface area (Å²) < 4.78 is 1.59. The second kappa shape index (κ2) is 6.97. The van der Waals surface area contributed by atoms with E-state index in [1.807, 2.05) is 30.0 Å². The lowest BCUT2D eigenvalue weighted by molar-refractivity contribution is 0.0571. The van der Waals surface area contributed by atoms with Crippen molar-refractivity contribution >= 4 is 5.91 Å². The molecule has 0 spiro atoms. The zero-order valence-corrected chi connectivity index (χ0v) is 15.7. The molecule has 1 amide bonds. The minimum Gasteiger partial charge on any atom is -0.396 e. The van der Waals surface area contributed by atoms with Crippen LogP contribution in [0.15, 0.2) is 53.5 Å². The zero-order chi connectivity index (χ0) is 19.0. The Kier molecular flexibility index (Phi) is 4.64. The molecule has 0 aliphatic carbocycles. The van der Waals surface area contributed by atoms with Crippen molar-refractivity contribution in [3.63, 3.8) is 0 Å². The summed E-state index contributed by atoms with van der Waals surface area (Å²) in [6, 6.07) is 13.5. The molecule has 2 saturated heterocycles. The number of rotatable bonds is 5. The number of aromatic nitrogens is 1. The number of carbonyl (C=O) groups is 1. The van der Waals surface area contributed by atoms with Crippen molar-refractivity contribution in [1.82, 2.24) is 9.47 Å². The fourth-order valence-electron chi connectivity index (χ4n) is 5.07. The average Bonchev–Trinajstić information content (AvgIpc) is 3.24. The molecule has 3 heterocycles. The molecule has 0 saturated carbocycles. The summed E-state index contributed by atoms with van der Waals surface area (Å²) in [5.74, 6) is -0.0776. The van der Waals surface area contributed by atoms with Gasteiger partial charge in [-0.2, -0.15) is 0 Å². The third-order valence-electron chi connectivity index (χ3n) is 6.38. The molecule has 1 aromatic carbocycles. The molecule has 1 aromatic heterocycles. The molecule has 1 N–H and O–H groups in total. The van der Waals surface area contributed by atoms with Crippen LogP contribution in [0.5, 0.6) is 0 Å². The van der Waals surface area contributed by atoms with E-state index in [2.05, 4.69) is 12.1 Å². The van der Waals surface area contributed by atoms with Crippen LogP contribution in [0.25, 0.3) is 0 Å². The van der Waals surface area contributed by atoms with Gasteiger partial charge < -0.3 is 14.6 Å². The molecular formula is C22H26N2O3. The molecule has 2 aliphatic heterocycles. The first-order valence-electron chi connectivity index (χ1n) is 9.76. The van der Waals surface area contributed by atoms with Crippen LogP contribution >= 0.6 is 0 Å². The zero-order valence-electron chi connectivity index (χ0n) is 15.7. The second-order valence-corrected chi connectivity index (χ2v) is 7.89. The summed E-state index contributed by atoms with van der Waals surface area (Å²) >= 11 is 0. The van der Waals surface area contributed by atoms with Crippen molar-refractivity contribution in [3.05, 3.63) is 70.1 Å². The molecular weight excluding hydrogens is 340 g/mol. The second-order valence-electron chi connectivity index (χ2n) is 7.89. The maximum atomic E-state index is 13.2. The van der Waals surface area contributed by atoms with Gasteiger partial charge >= 0.3 is 0 Å². The van der Waals surface area contributed by atoms with Gasteiger partial charge in [-0.1, -0.05) is 30.3 Å². The maximum absolute atomic E-state index is 13.2. The van der Waals surface area contributed by atoms with Crippen LogP contribution in [-0.2, 0) is 13.0 Å². The molecule has 5 nitrogen and oxygen atoms in total. The van der Waals surface area contributed by atoms with E-state index in [0.29, 0.717) is 12.1 Å². The number of amides is 1. The van der Waals surface area contributed by atoms with Gasteiger partial charge in [-0.25, -0.2) is 0 Å². The van der Waals surface area contributed by atoms with Crippen LogP contribution in [0.4, 0.5) is 0 Å². The van der Waals surface area contributed by atoms with Gasteiger partial charge in [0.15, 0.2) is 0 Å². The van der Waals surface area contributed by atoms with E-state index in [9.17, 15) is 14.7 Å². The predicted molar refractivity (Wildman–Crippen MR) is 104 cm³/mol. The highest BCUT2D eigenvalue weighted by Gasteiger charge is 2.57.